The van der Waals surface area contributed by atoms with Crippen molar-refractivity contribution < 1.29 is 9.47 Å². The highest BCUT2D eigenvalue weighted by molar-refractivity contribution is 5.45. The Hall–Kier alpha value is -1.57. The van der Waals surface area contributed by atoms with E-state index in [-0.39, 0.29) is 5.54 Å². The number of benzene rings is 1. The summed E-state index contributed by atoms with van der Waals surface area (Å²) in [6.07, 6.45) is 4.47. The molecule has 1 fully saturated rings. The zero-order valence-corrected chi connectivity index (χ0v) is 11.3. The van der Waals surface area contributed by atoms with E-state index in [0.29, 0.717) is 24.5 Å². The summed E-state index contributed by atoms with van der Waals surface area (Å²) >= 11 is 0. The molecule has 0 atom stereocenters. The standard InChI is InChI=1S/C15H20N2O2/c1-18-14-5-4-12(8-13(14)9-16)10-19-11-15(17)6-2-3-7-15/h4-5,8H,2-3,6-7,10-11,17H2,1H3. The van der Waals surface area contributed by atoms with Crippen LogP contribution in [0.15, 0.2) is 18.2 Å². The van der Waals surface area contributed by atoms with Crippen LogP contribution in [0, 0.1) is 11.3 Å². The van der Waals surface area contributed by atoms with E-state index in [2.05, 4.69) is 6.07 Å². The molecule has 4 nitrogen and oxygen atoms in total. The summed E-state index contributed by atoms with van der Waals surface area (Å²) in [5.41, 5.74) is 7.58. The molecule has 0 amide bonds. The highest BCUT2D eigenvalue weighted by Gasteiger charge is 2.29. The first kappa shape index (κ1) is 13.9. The average Bonchev–Trinajstić information content (AvgIpc) is 2.85. The smallest absolute Gasteiger partial charge is 0.136 e. The van der Waals surface area contributed by atoms with Crippen LogP contribution in [0.2, 0.25) is 0 Å². The molecule has 2 rings (SSSR count). The van der Waals surface area contributed by atoms with Gasteiger partial charge in [-0.05, 0) is 30.5 Å². The van der Waals surface area contributed by atoms with E-state index in [4.69, 9.17) is 20.5 Å². The Kier molecular flexibility index (Phi) is 4.41. The van der Waals surface area contributed by atoms with Crippen molar-refractivity contribution in [1.82, 2.24) is 0 Å². The number of nitrogens with zero attached hydrogens (tertiary/aromatic N) is 1. The SMILES string of the molecule is COc1ccc(COCC2(N)CCCC2)cc1C#N. The van der Waals surface area contributed by atoms with E-state index in [1.54, 1.807) is 19.2 Å². The van der Waals surface area contributed by atoms with Crippen LogP contribution in [0.1, 0.15) is 36.8 Å². The van der Waals surface area contributed by atoms with Gasteiger partial charge in [-0.2, -0.15) is 5.26 Å². The summed E-state index contributed by atoms with van der Waals surface area (Å²) in [5, 5.41) is 9.02. The zero-order chi connectivity index (χ0) is 13.7. The molecule has 0 bridgehead atoms. The Morgan fingerprint density at radius 1 is 1.37 bits per heavy atom. The Morgan fingerprint density at radius 3 is 2.74 bits per heavy atom. The minimum Gasteiger partial charge on any atom is -0.495 e. The fourth-order valence-electron chi connectivity index (χ4n) is 2.53. The number of nitriles is 1. The monoisotopic (exact) mass is 260 g/mol. The van der Waals surface area contributed by atoms with E-state index in [9.17, 15) is 0 Å². The van der Waals surface area contributed by atoms with Gasteiger partial charge in [0.1, 0.15) is 11.8 Å². The first-order valence-electron chi connectivity index (χ1n) is 6.60. The largest absolute Gasteiger partial charge is 0.495 e. The predicted octanol–water partition coefficient (Wildman–Crippen LogP) is 2.35. The van der Waals surface area contributed by atoms with Gasteiger partial charge in [0.2, 0.25) is 0 Å². The molecule has 1 aliphatic carbocycles. The molecule has 1 aromatic carbocycles. The van der Waals surface area contributed by atoms with E-state index in [1.165, 1.54) is 12.8 Å². The molecule has 1 aromatic rings. The topological polar surface area (TPSA) is 68.3 Å². The van der Waals surface area contributed by atoms with Gasteiger partial charge in [0.15, 0.2) is 0 Å². The van der Waals surface area contributed by atoms with Crippen LogP contribution in [-0.4, -0.2) is 19.3 Å². The minimum atomic E-state index is -0.148. The lowest BCUT2D eigenvalue weighted by atomic mass is 10.0. The quantitative estimate of drug-likeness (QED) is 0.882. The Morgan fingerprint density at radius 2 is 2.11 bits per heavy atom. The molecule has 1 aliphatic rings. The lowest BCUT2D eigenvalue weighted by Crippen LogP contribution is -2.41. The highest BCUT2D eigenvalue weighted by Crippen LogP contribution is 2.27. The molecule has 0 spiro atoms. The predicted molar refractivity (Wildman–Crippen MR) is 72.8 cm³/mol. The van der Waals surface area contributed by atoms with Crippen molar-refractivity contribution in [3.8, 4) is 11.8 Å². The zero-order valence-electron chi connectivity index (χ0n) is 11.3. The van der Waals surface area contributed by atoms with Crippen molar-refractivity contribution in [2.45, 2.75) is 37.8 Å². The van der Waals surface area contributed by atoms with E-state index in [0.717, 1.165) is 18.4 Å². The second kappa shape index (κ2) is 6.05. The van der Waals surface area contributed by atoms with Gasteiger partial charge in [-0.25, -0.2) is 0 Å². The maximum atomic E-state index is 9.02. The second-order valence-corrected chi connectivity index (χ2v) is 5.21. The molecule has 2 N–H and O–H groups in total. The molecule has 1 saturated carbocycles. The number of hydrogen-bond acceptors (Lipinski definition) is 4. The van der Waals surface area contributed by atoms with Crippen molar-refractivity contribution in [2.75, 3.05) is 13.7 Å². The lowest BCUT2D eigenvalue weighted by molar-refractivity contribution is 0.0750. The van der Waals surface area contributed by atoms with Crippen LogP contribution < -0.4 is 10.5 Å². The molecule has 0 aromatic heterocycles. The Balaban J connectivity index is 1.91. The summed E-state index contributed by atoms with van der Waals surface area (Å²) < 4.78 is 10.8. The summed E-state index contributed by atoms with van der Waals surface area (Å²) in [5.74, 6) is 0.595. The van der Waals surface area contributed by atoms with E-state index < -0.39 is 0 Å². The first-order chi connectivity index (χ1) is 9.17. The molecular formula is C15H20N2O2. The number of methoxy groups -OCH3 is 1. The average molecular weight is 260 g/mol. The van der Waals surface area contributed by atoms with Crippen LogP contribution in [0.3, 0.4) is 0 Å². The number of ether oxygens (including phenoxy) is 2. The third kappa shape index (κ3) is 3.46. The summed E-state index contributed by atoms with van der Waals surface area (Å²) in [7, 11) is 1.56. The van der Waals surface area contributed by atoms with Crippen LogP contribution in [-0.2, 0) is 11.3 Å². The minimum absolute atomic E-state index is 0.148. The maximum Gasteiger partial charge on any atom is 0.136 e. The Bertz CT molecular complexity index is 474. The first-order valence-corrected chi connectivity index (χ1v) is 6.60. The number of nitrogens with two attached hydrogens (primary N) is 1. The van der Waals surface area contributed by atoms with Gasteiger partial charge >= 0.3 is 0 Å². The fourth-order valence-corrected chi connectivity index (χ4v) is 2.53. The summed E-state index contributed by atoms with van der Waals surface area (Å²) in [6, 6.07) is 7.63. The van der Waals surface area contributed by atoms with Gasteiger partial charge in [-0.3, -0.25) is 0 Å². The van der Waals surface area contributed by atoms with E-state index in [1.807, 2.05) is 6.07 Å². The van der Waals surface area contributed by atoms with Crippen molar-refractivity contribution in [3.63, 3.8) is 0 Å². The van der Waals surface area contributed by atoms with Crippen LogP contribution in [0.4, 0.5) is 0 Å². The molecule has 0 unspecified atom stereocenters. The van der Waals surface area contributed by atoms with Crippen molar-refractivity contribution >= 4 is 0 Å². The fraction of sp³-hybridized carbons (Fsp3) is 0.533. The number of rotatable bonds is 5. The van der Waals surface area contributed by atoms with E-state index >= 15 is 0 Å². The third-order valence-corrected chi connectivity index (χ3v) is 3.64. The Labute approximate surface area is 114 Å². The maximum absolute atomic E-state index is 9.02. The molecule has 0 aliphatic heterocycles. The molecule has 4 heteroatoms. The summed E-state index contributed by atoms with van der Waals surface area (Å²) in [4.78, 5) is 0. The van der Waals surface area contributed by atoms with Crippen molar-refractivity contribution in [2.24, 2.45) is 5.73 Å². The second-order valence-electron chi connectivity index (χ2n) is 5.21. The number of hydrogen-bond donors (Lipinski definition) is 1. The molecular weight excluding hydrogens is 240 g/mol. The van der Waals surface area contributed by atoms with Crippen LogP contribution >= 0.6 is 0 Å². The molecule has 0 saturated heterocycles. The van der Waals surface area contributed by atoms with Gasteiger partial charge in [0, 0.05) is 5.54 Å². The van der Waals surface area contributed by atoms with Gasteiger partial charge in [-0.15, -0.1) is 0 Å². The van der Waals surface area contributed by atoms with Crippen molar-refractivity contribution in [1.29, 1.82) is 5.26 Å². The highest BCUT2D eigenvalue weighted by atomic mass is 16.5. The van der Waals surface area contributed by atoms with Gasteiger partial charge in [-0.1, -0.05) is 18.9 Å². The van der Waals surface area contributed by atoms with Crippen LogP contribution in [0.5, 0.6) is 5.75 Å². The third-order valence-electron chi connectivity index (χ3n) is 3.64. The molecule has 19 heavy (non-hydrogen) atoms. The van der Waals surface area contributed by atoms with Crippen LogP contribution in [0.25, 0.3) is 0 Å². The lowest BCUT2D eigenvalue weighted by Gasteiger charge is -2.23. The molecule has 0 heterocycles. The summed E-state index contributed by atoms with van der Waals surface area (Å²) in [6.45, 7) is 1.07. The molecule has 102 valence electrons. The molecule has 0 radical (unpaired) electrons. The van der Waals surface area contributed by atoms with Gasteiger partial charge in [0.25, 0.3) is 0 Å². The van der Waals surface area contributed by atoms with Gasteiger partial charge < -0.3 is 15.2 Å². The normalized spacial score (nSPS) is 17.1. The van der Waals surface area contributed by atoms with Crippen molar-refractivity contribution in [3.05, 3.63) is 29.3 Å². The van der Waals surface area contributed by atoms with Gasteiger partial charge in [0.05, 0.1) is 25.9 Å².